The molecule has 0 aliphatic carbocycles. The van der Waals surface area contributed by atoms with Gasteiger partial charge in [0.05, 0.1) is 11.0 Å². The zero-order chi connectivity index (χ0) is 40.5. The van der Waals surface area contributed by atoms with Crippen LogP contribution in [0.5, 0.6) is 0 Å². The predicted molar refractivity (Wildman–Crippen MR) is 246 cm³/mol. The Bertz CT molecular complexity index is 2720. The second-order valence-corrected chi connectivity index (χ2v) is 16.6. The van der Waals surface area contributed by atoms with E-state index < -0.39 is 0 Å². The third-order valence-corrected chi connectivity index (χ3v) is 13.1. The van der Waals surface area contributed by atoms with Crippen LogP contribution in [0.4, 0.5) is 0 Å². The Morgan fingerprint density at radius 2 is 1.08 bits per heavy atom. The van der Waals surface area contributed by atoms with Crippen LogP contribution in [0, 0.1) is 20.8 Å². The maximum Gasteiger partial charge on any atom is 0.215 e. The second kappa shape index (κ2) is 16.1. The van der Waals surface area contributed by atoms with E-state index in [1.807, 2.05) is 0 Å². The van der Waals surface area contributed by atoms with E-state index in [1.165, 1.54) is 89.3 Å². The number of pyridine rings is 2. The smallest absolute Gasteiger partial charge is 0.198 e. The standard InChI is InChI=1S/C57H54N2/c1-6-55-57(7-2,53-26-15-14-25-51(53)56-42(5)18-17-32-59(55)56)31-33-58-39-40(3)27-30-54(58)52-38-47(29-28-41(52)4)45-23-16-24-46(34-45)50-36-48(43-19-10-8-11-20-43)35-49(37-50)44-21-12-9-13-22-44/h8-30,32,34-39,55H,6-7,31,33H2,1-5H3/q+2. The Hall–Kier alpha value is -6.38. The second-order valence-electron chi connectivity index (χ2n) is 16.6. The molecule has 0 bridgehead atoms. The fourth-order valence-corrected chi connectivity index (χ4v) is 10.1. The zero-order valence-corrected chi connectivity index (χ0v) is 35.1. The summed E-state index contributed by atoms with van der Waals surface area (Å²) in [5.74, 6) is 0. The molecule has 2 unspecified atom stereocenters. The maximum atomic E-state index is 2.60. The summed E-state index contributed by atoms with van der Waals surface area (Å²) in [4.78, 5) is 0. The molecular weight excluding hydrogens is 713 g/mol. The lowest BCUT2D eigenvalue weighted by Gasteiger charge is -2.41. The highest BCUT2D eigenvalue weighted by molar-refractivity contribution is 5.83. The summed E-state index contributed by atoms with van der Waals surface area (Å²) in [5, 5.41) is 0. The van der Waals surface area contributed by atoms with Gasteiger partial charge in [-0.05, 0) is 131 Å². The molecule has 2 nitrogen and oxygen atoms in total. The molecular formula is C57H54N2+2. The van der Waals surface area contributed by atoms with Crippen LogP contribution < -0.4 is 9.13 Å². The van der Waals surface area contributed by atoms with Gasteiger partial charge in [0.25, 0.3) is 0 Å². The molecule has 0 radical (unpaired) electrons. The van der Waals surface area contributed by atoms with Crippen molar-refractivity contribution >= 4 is 0 Å². The minimum Gasteiger partial charge on any atom is -0.198 e. The van der Waals surface area contributed by atoms with Gasteiger partial charge >= 0.3 is 0 Å². The fraction of sp³-hybridized carbons (Fsp3) is 0.193. The minimum absolute atomic E-state index is 0.000340. The van der Waals surface area contributed by atoms with Crippen molar-refractivity contribution in [2.45, 2.75) is 71.9 Å². The molecule has 290 valence electrons. The summed E-state index contributed by atoms with van der Waals surface area (Å²) < 4.78 is 5.15. The molecule has 0 saturated carbocycles. The van der Waals surface area contributed by atoms with Crippen LogP contribution in [0.1, 0.15) is 61.4 Å². The molecule has 0 spiro atoms. The fourth-order valence-electron chi connectivity index (χ4n) is 10.1. The molecule has 2 aromatic heterocycles. The van der Waals surface area contributed by atoms with Gasteiger partial charge in [-0.2, -0.15) is 9.13 Å². The number of aryl methyl sites for hydroxylation is 4. The minimum atomic E-state index is 0.000340. The monoisotopic (exact) mass is 766 g/mol. The molecule has 9 rings (SSSR count). The molecule has 3 heterocycles. The molecule has 2 atom stereocenters. The van der Waals surface area contributed by atoms with Crippen LogP contribution in [-0.2, 0) is 12.0 Å². The Kier molecular flexibility index (Phi) is 10.4. The van der Waals surface area contributed by atoms with Gasteiger partial charge in [-0.3, -0.25) is 0 Å². The number of aromatic nitrogens is 2. The third-order valence-electron chi connectivity index (χ3n) is 13.1. The predicted octanol–water partition coefficient (Wildman–Crippen LogP) is 13.9. The van der Waals surface area contributed by atoms with Crippen molar-refractivity contribution in [2.24, 2.45) is 0 Å². The van der Waals surface area contributed by atoms with E-state index in [4.69, 9.17) is 0 Å². The van der Waals surface area contributed by atoms with Gasteiger partial charge in [-0.15, -0.1) is 0 Å². The van der Waals surface area contributed by atoms with Gasteiger partial charge in [0.2, 0.25) is 11.4 Å². The van der Waals surface area contributed by atoms with Gasteiger partial charge in [-0.1, -0.05) is 123 Å². The Morgan fingerprint density at radius 1 is 0.492 bits per heavy atom. The molecule has 6 aromatic carbocycles. The van der Waals surface area contributed by atoms with Crippen molar-refractivity contribution in [1.29, 1.82) is 0 Å². The Labute approximate surface area is 351 Å². The first-order chi connectivity index (χ1) is 28.9. The van der Waals surface area contributed by atoms with E-state index >= 15 is 0 Å². The quantitative estimate of drug-likeness (QED) is 0.123. The highest BCUT2D eigenvalue weighted by Crippen LogP contribution is 2.49. The normalized spacial score (nSPS) is 15.7. The summed E-state index contributed by atoms with van der Waals surface area (Å²) in [6.45, 7) is 12.5. The van der Waals surface area contributed by atoms with E-state index in [9.17, 15) is 0 Å². The summed E-state index contributed by atoms with van der Waals surface area (Å²) in [6.07, 6.45) is 7.91. The van der Waals surface area contributed by atoms with Crippen molar-refractivity contribution in [2.75, 3.05) is 0 Å². The lowest BCUT2D eigenvalue weighted by molar-refractivity contribution is -0.730. The molecule has 1 aliphatic rings. The van der Waals surface area contributed by atoms with Crippen LogP contribution in [0.25, 0.3) is 67.0 Å². The Morgan fingerprint density at radius 3 is 1.76 bits per heavy atom. The molecule has 0 fully saturated rings. The van der Waals surface area contributed by atoms with Crippen molar-refractivity contribution in [1.82, 2.24) is 0 Å². The summed E-state index contributed by atoms with van der Waals surface area (Å²) in [5.41, 5.74) is 20.5. The van der Waals surface area contributed by atoms with E-state index in [0.717, 1.165) is 25.8 Å². The lowest BCUT2D eigenvalue weighted by Crippen LogP contribution is -2.57. The number of rotatable bonds is 10. The third kappa shape index (κ3) is 7.12. The van der Waals surface area contributed by atoms with Gasteiger partial charge in [0, 0.05) is 41.7 Å². The molecule has 0 N–H and O–H groups in total. The van der Waals surface area contributed by atoms with Crippen molar-refractivity contribution < 1.29 is 9.13 Å². The van der Waals surface area contributed by atoms with E-state index in [2.05, 4.69) is 226 Å². The molecule has 1 aliphatic heterocycles. The van der Waals surface area contributed by atoms with Gasteiger partial charge in [-0.25, -0.2) is 0 Å². The lowest BCUT2D eigenvalue weighted by atomic mass is 9.64. The number of nitrogens with zero attached hydrogens (tertiary/aromatic N) is 2. The van der Waals surface area contributed by atoms with Crippen LogP contribution in [0.15, 0.2) is 182 Å². The summed E-state index contributed by atoms with van der Waals surface area (Å²) in [6, 6.07) is 63.3. The van der Waals surface area contributed by atoms with Crippen LogP contribution in [0.3, 0.4) is 0 Å². The highest BCUT2D eigenvalue weighted by Gasteiger charge is 2.51. The summed E-state index contributed by atoms with van der Waals surface area (Å²) >= 11 is 0. The zero-order valence-electron chi connectivity index (χ0n) is 35.1. The first kappa shape index (κ1) is 38.2. The van der Waals surface area contributed by atoms with Gasteiger partial charge < -0.3 is 0 Å². The highest BCUT2D eigenvalue weighted by atomic mass is 15.0. The van der Waals surface area contributed by atoms with Crippen LogP contribution >= 0.6 is 0 Å². The van der Waals surface area contributed by atoms with Crippen molar-refractivity contribution in [3.63, 3.8) is 0 Å². The molecule has 0 amide bonds. The van der Waals surface area contributed by atoms with E-state index in [0.29, 0.717) is 6.04 Å². The van der Waals surface area contributed by atoms with E-state index in [-0.39, 0.29) is 5.41 Å². The number of hydrogen-bond acceptors (Lipinski definition) is 0. The molecule has 59 heavy (non-hydrogen) atoms. The maximum absolute atomic E-state index is 2.60. The average molecular weight is 767 g/mol. The first-order valence-electron chi connectivity index (χ1n) is 21.5. The molecule has 2 heteroatoms. The SMILES string of the molecule is CCC1[n+]2cccc(C)c2-c2ccccc2C1(CC)CC[n+]1cc(C)ccc1-c1cc(-c2cccc(-c3cc(-c4ccccc4)cc(-c4ccccc4)c3)c2)ccc1C. The van der Waals surface area contributed by atoms with Crippen molar-refractivity contribution in [3.05, 3.63) is 205 Å². The number of hydrogen-bond donors (Lipinski definition) is 0. The number of benzene rings is 6. The first-order valence-corrected chi connectivity index (χ1v) is 21.5. The summed E-state index contributed by atoms with van der Waals surface area (Å²) in [7, 11) is 0. The largest absolute Gasteiger partial charge is 0.215 e. The van der Waals surface area contributed by atoms with Gasteiger partial charge in [0.15, 0.2) is 18.4 Å². The average Bonchev–Trinajstić information content (AvgIpc) is 3.29. The molecule has 0 saturated heterocycles. The topological polar surface area (TPSA) is 7.76 Å². The molecule has 8 aromatic rings. The van der Waals surface area contributed by atoms with Crippen LogP contribution in [0.2, 0.25) is 0 Å². The van der Waals surface area contributed by atoms with Crippen molar-refractivity contribution in [3.8, 4) is 67.0 Å². The number of fused-ring (bicyclic) bond motifs is 3. The van der Waals surface area contributed by atoms with E-state index in [1.54, 1.807) is 0 Å². The van der Waals surface area contributed by atoms with Gasteiger partial charge in [0.1, 0.15) is 6.54 Å². The Balaban J connectivity index is 1.09. The van der Waals surface area contributed by atoms with Crippen LogP contribution in [-0.4, -0.2) is 0 Å².